The molecule has 2 aromatic rings. The fourth-order valence-electron chi connectivity index (χ4n) is 1.94. The van der Waals surface area contributed by atoms with Crippen molar-refractivity contribution >= 4 is 27.5 Å². The molecule has 1 amide bonds. The standard InChI is InChI=1S/C12H15BrN6O3/c1-4-18-6-8(13)9(15-18)5-14-12(20)10-11(19(21)22)7(2)17(3)16-10/h6H,4-5H2,1-3H3,(H,14,20). The molecule has 0 saturated heterocycles. The Balaban J connectivity index is 2.18. The van der Waals surface area contributed by atoms with E-state index in [2.05, 4.69) is 31.4 Å². The van der Waals surface area contributed by atoms with Gasteiger partial charge in [0.15, 0.2) is 0 Å². The van der Waals surface area contributed by atoms with Crippen LogP contribution in [0, 0.1) is 17.0 Å². The second kappa shape index (κ2) is 6.26. The van der Waals surface area contributed by atoms with E-state index in [-0.39, 0.29) is 17.9 Å². The minimum Gasteiger partial charge on any atom is -0.345 e. The molecular formula is C12H15BrN6O3. The normalized spacial score (nSPS) is 10.7. The summed E-state index contributed by atoms with van der Waals surface area (Å²) >= 11 is 3.36. The molecule has 0 aliphatic heterocycles. The lowest BCUT2D eigenvalue weighted by molar-refractivity contribution is -0.385. The summed E-state index contributed by atoms with van der Waals surface area (Å²) in [6.45, 7) is 4.35. The van der Waals surface area contributed by atoms with Crippen LogP contribution in [0.4, 0.5) is 5.69 Å². The van der Waals surface area contributed by atoms with Gasteiger partial charge in [0.2, 0.25) is 5.69 Å². The summed E-state index contributed by atoms with van der Waals surface area (Å²) in [5, 5.41) is 21.9. The Morgan fingerprint density at radius 3 is 2.73 bits per heavy atom. The Bertz CT molecular complexity index is 736. The number of carbonyl (C=O) groups excluding carboxylic acids is 1. The van der Waals surface area contributed by atoms with Crippen LogP contribution in [0.5, 0.6) is 0 Å². The van der Waals surface area contributed by atoms with Crippen molar-refractivity contribution in [2.24, 2.45) is 7.05 Å². The van der Waals surface area contributed by atoms with E-state index in [4.69, 9.17) is 0 Å². The maximum Gasteiger partial charge on any atom is 0.322 e. The lowest BCUT2D eigenvalue weighted by atomic mass is 10.3. The van der Waals surface area contributed by atoms with Gasteiger partial charge in [-0.25, -0.2) is 0 Å². The molecule has 0 atom stereocenters. The number of hydrogen-bond acceptors (Lipinski definition) is 5. The topological polar surface area (TPSA) is 108 Å². The minimum atomic E-state index is -0.603. The van der Waals surface area contributed by atoms with Gasteiger partial charge < -0.3 is 5.32 Å². The van der Waals surface area contributed by atoms with Crippen LogP contribution in [0.25, 0.3) is 0 Å². The Hall–Kier alpha value is -2.23. The van der Waals surface area contributed by atoms with Crippen molar-refractivity contribution in [3.63, 3.8) is 0 Å². The van der Waals surface area contributed by atoms with Gasteiger partial charge >= 0.3 is 5.69 Å². The second-order valence-corrected chi connectivity index (χ2v) is 5.48. The molecule has 0 spiro atoms. The summed E-state index contributed by atoms with van der Waals surface area (Å²) in [6.07, 6.45) is 1.80. The first kappa shape index (κ1) is 16.1. The minimum absolute atomic E-state index is 0.152. The third-order valence-electron chi connectivity index (χ3n) is 3.23. The van der Waals surface area contributed by atoms with Crippen LogP contribution >= 0.6 is 15.9 Å². The predicted molar refractivity (Wildman–Crippen MR) is 81.4 cm³/mol. The number of nitrogens with one attached hydrogen (secondary N) is 1. The first-order chi connectivity index (χ1) is 10.3. The molecule has 0 unspecified atom stereocenters. The predicted octanol–water partition coefficient (Wildman–Crippen LogP) is 1.55. The van der Waals surface area contributed by atoms with Crippen LogP contribution < -0.4 is 5.32 Å². The third-order valence-corrected chi connectivity index (χ3v) is 3.89. The largest absolute Gasteiger partial charge is 0.345 e. The molecule has 9 nitrogen and oxygen atoms in total. The quantitative estimate of drug-likeness (QED) is 0.634. The van der Waals surface area contributed by atoms with Crippen molar-refractivity contribution in [3.05, 3.63) is 37.9 Å². The zero-order chi connectivity index (χ0) is 16.4. The lowest BCUT2D eigenvalue weighted by Crippen LogP contribution is -2.24. The van der Waals surface area contributed by atoms with Gasteiger partial charge in [-0.05, 0) is 29.8 Å². The number of aromatic nitrogens is 4. The monoisotopic (exact) mass is 370 g/mol. The van der Waals surface area contributed by atoms with Gasteiger partial charge in [-0.1, -0.05) is 0 Å². The van der Waals surface area contributed by atoms with Gasteiger partial charge in [0.05, 0.1) is 21.6 Å². The molecule has 0 bridgehead atoms. The molecule has 10 heteroatoms. The highest BCUT2D eigenvalue weighted by Gasteiger charge is 2.28. The van der Waals surface area contributed by atoms with Gasteiger partial charge in [-0.15, -0.1) is 0 Å². The lowest BCUT2D eigenvalue weighted by Gasteiger charge is -2.01. The van der Waals surface area contributed by atoms with Gasteiger partial charge in [0.25, 0.3) is 5.91 Å². The summed E-state index contributed by atoms with van der Waals surface area (Å²) in [5.41, 5.74) is 0.492. The summed E-state index contributed by atoms with van der Waals surface area (Å²) in [6, 6.07) is 0. The zero-order valence-electron chi connectivity index (χ0n) is 12.3. The molecule has 0 aliphatic rings. The fraction of sp³-hybridized carbons (Fsp3) is 0.417. The van der Waals surface area contributed by atoms with E-state index in [1.165, 1.54) is 4.68 Å². The van der Waals surface area contributed by atoms with E-state index in [1.54, 1.807) is 24.9 Å². The molecule has 0 aromatic carbocycles. The number of amides is 1. The van der Waals surface area contributed by atoms with E-state index in [1.807, 2.05) is 6.92 Å². The molecule has 0 aliphatic carbocycles. The summed E-state index contributed by atoms with van der Waals surface area (Å²) in [7, 11) is 1.55. The molecule has 0 fully saturated rings. The highest BCUT2D eigenvalue weighted by atomic mass is 79.9. The Morgan fingerprint density at radius 2 is 2.18 bits per heavy atom. The highest BCUT2D eigenvalue weighted by Crippen LogP contribution is 2.22. The molecule has 2 heterocycles. The van der Waals surface area contributed by atoms with E-state index in [0.29, 0.717) is 17.9 Å². The van der Waals surface area contributed by atoms with Crippen molar-refractivity contribution in [3.8, 4) is 0 Å². The van der Waals surface area contributed by atoms with E-state index in [0.717, 1.165) is 4.47 Å². The number of nitro groups is 1. The van der Waals surface area contributed by atoms with Crippen molar-refractivity contribution in [2.75, 3.05) is 0 Å². The maximum absolute atomic E-state index is 12.2. The van der Waals surface area contributed by atoms with Crippen molar-refractivity contribution in [1.82, 2.24) is 24.9 Å². The Morgan fingerprint density at radius 1 is 1.50 bits per heavy atom. The number of nitrogens with zero attached hydrogens (tertiary/aromatic N) is 5. The van der Waals surface area contributed by atoms with Gasteiger partial charge in [0, 0.05) is 19.8 Å². The van der Waals surface area contributed by atoms with Crippen LogP contribution in [0.1, 0.15) is 28.8 Å². The maximum atomic E-state index is 12.2. The molecule has 2 rings (SSSR count). The average Bonchev–Trinajstić information content (AvgIpc) is 2.97. The van der Waals surface area contributed by atoms with Gasteiger partial charge in [-0.2, -0.15) is 10.2 Å². The molecule has 118 valence electrons. The summed E-state index contributed by atoms with van der Waals surface area (Å²) in [4.78, 5) is 22.6. The van der Waals surface area contributed by atoms with Crippen molar-refractivity contribution in [1.29, 1.82) is 0 Å². The molecule has 0 saturated carbocycles. The van der Waals surface area contributed by atoms with Crippen LogP contribution in [0.2, 0.25) is 0 Å². The fourth-order valence-corrected chi connectivity index (χ4v) is 2.39. The Kier molecular flexibility index (Phi) is 4.59. The van der Waals surface area contributed by atoms with Crippen LogP contribution in [-0.4, -0.2) is 30.4 Å². The molecule has 1 N–H and O–H groups in total. The van der Waals surface area contributed by atoms with Gasteiger partial charge in [0.1, 0.15) is 5.69 Å². The SMILES string of the molecule is CCn1cc(Br)c(CNC(=O)c2nn(C)c(C)c2[N+](=O)[O-])n1. The molecular weight excluding hydrogens is 356 g/mol. The number of rotatable bonds is 5. The van der Waals surface area contributed by atoms with E-state index >= 15 is 0 Å². The number of hydrogen-bond donors (Lipinski definition) is 1. The van der Waals surface area contributed by atoms with Crippen LogP contribution in [-0.2, 0) is 20.1 Å². The summed E-state index contributed by atoms with van der Waals surface area (Å²) < 4.78 is 3.80. The number of carbonyl (C=O) groups is 1. The van der Waals surface area contributed by atoms with Crippen molar-refractivity contribution in [2.45, 2.75) is 26.9 Å². The second-order valence-electron chi connectivity index (χ2n) is 4.63. The van der Waals surface area contributed by atoms with E-state index in [9.17, 15) is 14.9 Å². The zero-order valence-corrected chi connectivity index (χ0v) is 13.9. The first-order valence-electron chi connectivity index (χ1n) is 6.53. The number of halogens is 1. The van der Waals surface area contributed by atoms with Gasteiger partial charge in [-0.3, -0.25) is 24.3 Å². The van der Waals surface area contributed by atoms with Crippen LogP contribution in [0.15, 0.2) is 10.7 Å². The van der Waals surface area contributed by atoms with Crippen molar-refractivity contribution < 1.29 is 9.72 Å². The van der Waals surface area contributed by atoms with E-state index < -0.39 is 10.8 Å². The first-order valence-corrected chi connectivity index (χ1v) is 7.32. The number of aryl methyl sites for hydroxylation is 2. The Labute approximate surface area is 134 Å². The molecule has 0 radical (unpaired) electrons. The van der Waals surface area contributed by atoms with Crippen LogP contribution in [0.3, 0.4) is 0 Å². The third kappa shape index (κ3) is 3.01. The molecule has 22 heavy (non-hydrogen) atoms. The average molecular weight is 371 g/mol. The summed E-state index contributed by atoms with van der Waals surface area (Å²) in [5.74, 6) is -0.603. The molecule has 2 aromatic heterocycles. The smallest absolute Gasteiger partial charge is 0.322 e. The highest BCUT2D eigenvalue weighted by molar-refractivity contribution is 9.10.